The second-order valence-corrected chi connectivity index (χ2v) is 7.86. The first-order chi connectivity index (χ1) is 12.3. The van der Waals surface area contributed by atoms with Gasteiger partial charge in [-0.25, -0.2) is 0 Å². The van der Waals surface area contributed by atoms with Crippen LogP contribution in [-0.4, -0.2) is 18.4 Å². The maximum absolute atomic E-state index is 12.7. The molecule has 1 aliphatic rings. The van der Waals surface area contributed by atoms with Gasteiger partial charge in [0, 0.05) is 28.8 Å². The highest BCUT2D eigenvalue weighted by atomic mass is 79.9. The number of hydrogen-bond acceptors (Lipinski definition) is 2. The number of hydrogen-bond donors (Lipinski definition) is 1. The van der Waals surface area contributed by atoms with Gasteiger partial charge in [-0.15, -0.1) is 0 Å². The number of rotatable bonds is 3. The SMILES string of the molecule is Cc1ccc(N2C[C@H](C(=O)Nc3ccc(Br)c(C)c3C)CC2=O)cc1C. The Kier molecular flexibility index (Phi) is 5.19. The van der Waals surface area contributed by atoms with Gasteiger partial charge in [0.05, 0.1) is 5.92 Å². The molecular weight excluding hydrogens is 392 g/mol. The summed E-state index contributed by atoms with van der Waals surface area (Å²) in [6.45, 7) is 8.49. The van der Waals surface area contributed by atoms with Crippen LogP contribution < -0.4 is 10.2 Å². The summed E-state index contributed by atoms with van der Waals surface area (Å²) in [4.78, 5) is 26.9. The number of halogens is 1. The zero-order valence-corrected chi connectivity index (χ0v) is 17.1. The number of amides is 2. The van der Waals surface area contributed by atoms with E-state index in [4.69, 9.17) is 0 Å². The first kappa shape index (κ1) is 18.6. The molecule has 5 heteroatoms. The molecule has 2 amide bonds. The average molecular weight is 415 g/mol. The highest BCUT2D eigenvalue weighted by molar-refractivity contribution is 9.10. The predicted molar refractivity (Wildman–Crippen MR) is 109 cm³/mol. The van der Waals surface area contributed by atoms with Crippen LogP contribution in [0, 0.1) is 33.6 Å². The van der Waals surface area contributed by atoms with Crippen molar-refractivity contribution >= 4 is 39.1 Å². The summed E-state index contributed by atoms with van der Waals surface area (Å²) in [6, 6.07) is 9.79. The molecule has 1 fully saturated rings. The minimum atomic E-state index is -0.340. The van der Waals surface area contributed by atoms with Gasteiger partial charge in [0.25, 0.3) is 0 Å². The Morgan fingerprint density at radius 1 is 1.08 bits per heavy atom. The number of carbonyl (C=O) groups is 2. The zero-order chi connectivity index (χ0) is 19.0. The number of anilines is 2. The van der Waals surface area contributed by atoms with Crippen LogP contribution in [0.3, 0.4) is 0 Å². The summed E-state index contributed by atoms with van der Waals surface area (Å²) in [6.07, 6.45) is 0.243. The van der Waals surface area contributed by atoms with Gasteiger partial charge in [-0.1, -0.05) is 22.0 Å². The van der Waals surface area contributed by atoms with E-state index >= 15 is 0 Å². The molecule has 0 spiro atoms. The van der Waals surface area contributed by atoms with Crippen molar-refractivity contribution < 1.29 is 9.59 Å². The summed E-state index contributed by atoms with van der Waals surface area (Å²) in [5, 5.41) is 2.99. The predicted octanol–water partition coefficient (Wildman–Crippen LogP) is 4.67. The van der Waals surface area contributed by atoms with Gasteiger partial charge < -0.3 is 10.2 Å². The molecule has 1 saturated heterocycles. The molecule has 4 nitrogen and oxygen atoms in total. The van der Waals surface area contributed by atoms with Gasteiger partial charge in [0.1, 0.15) is 0 Å². The molecule has 136 valence electrons. The highest BCUT2D eigenvalue weighted by Gasteiger charge is 2.35. The highest BCUT2D eigenvalue weighted by Crippen LogP contribution is 2.29. The molecule has 0 radical (unpaired) electrons. The van der Waals surface area contributed by atoms with E-state index in [-0.39, 0.29) is 24.2 Å². The smallest absolute Gasteiger partial charge is 0.229 e. The molecule has 1 atom stereocenters. The minimum Gasteiger partial charge on any atom is -0.326 e. The number of benzene rings is 2. The van der Waals surface area contributed by atoms with Crippen LogP contribution in [0.25, 0.3) is 0 Å². The van der Waals surface area contributed by atoms with Gasteiger partial charge in [0.2, 0.25) is 11.8 Å². The molecular formula is C21H23BrN2O2. The third-order valence-electron chi connectivity index (χ3n) is 5.28. The van der Waals surface area contributed by atoms with Crippen molar-refractivity contribution in [2.24, 2.45) is 5.92 Å². The Labute approximate surface area is 162 Å². The fraction of sp³-hybridized carbons (Fsp3) is 0.333. The lowest BCUT2D eigenvalue weighted by molar-refractivity contribution is -0.122. The zero-order valence-electron chi connectivity index (χ0n) is 15.5. The molecule has 0 unspecified atom stereocenters. The van der Waals surface area contributed by atoms with Crippen molar-refractivity contribution in [3.8, 4) is 0 Å². The molecule has 0 bridgehead atoms. The number of aryl methyl sites for hydroxylation is 2. The van der Waals surface area contributed by atoms with Crippen molar-refractivity contribution in [3.05, 3.63) is 57.1 Å². The molecule has 1 N–H and O–H groups in total. The summed E-state index contributed by atoms with van der Waals surface area (Å²) in [5.74, 6) is -0.445. The first-order valence-electron chi connectivity index (χ1n) is 8.72. The van der Waals surface area contributed by atoms with Crippen LogP contribution in [0.4, 0.5) is 11.4 Å². The molecule has 2 aromatic carbocycles. The number of nitrogens with one attached hydrogen (secondary N) is 1. The lowest BCUT2D eigenvalue weighted by Crippen LogP contribution is -2.28. The van der Waals surface area contributed by atoms with E-state index in [0.717, 1.165) is 32.5 Å². The maximum atomic E-state index is 12.7. The molecule has 1 aliphatic heterocycles. The van der Waals surface area contributed by atoms with Gasteiger partial charge in [-0.05, 0) is 74.2 Å². The van der Waals surface area contributed by atoms with Crippen molar-refractivity contribution in [1.82, 2.24) is 0 Å². The minimum absolute atomic E-state index is 0.00267. The molecule has 0 saturated carbocycles. The first-order valence-corrected chi connectivity index (χ1v) is 9.51. The summed E-state index contributed by atoms with van der Waals surface area (Å²) in [7, 11) is 0. The second-order valence-electron chi connectivity index (χ2n) is 7.01. The van der Waals surface area contributed by atoms with Crippen LogP contribution in [0.1, 0.15) is 28.7 Å². The van der Waals surface area contributed by atoms with E-state index in [1.807, 2.05) is 58.0 Å². The molecule has 2 aromatic rings. The topological polar surface area (TPSA) is 49.4 Å². The second kappa shape index (κ2) is 7.23. The third-order valence-corrected chi connectivity index (χ3v) is 6.14. The Morgan fingerprint density at radius 2 is 1.81 bits per heavy atom. The van der Waals surface area contributed by atoms with Crippen molar-refractivity contribution in [1.29, 1.82) is 0 Å². The third kappa shape index (κ3) is 3.54. The van der Waals surface area contributed by atoms with Crippen molar-refractivity contribution in [2.45, 2.75) is 34.1 Å². The quantitative estimate of drug-likeness (QED) is 0.792. The number of nitrogens with zero attached hydrogens (tertiary/aromatic N) is 1. The fourth-order valence-corrected chi connectivity index (χ4v) is 3.61. The van der Waals surface area contributed by atoms with Crippen LogP contribution in [-0.2, 0) is 9.59 Å². The Balaban J connectivity index is 1.75. The molecule has 0 aromatic heterocycles. The van der Waals surface area contributed by atoms with Crippen molar-refractivity contribution in [3.63, 3.8) is 0 Å². The standard InChI is InChI=1S/C21H23BrN2O2/c1-12-5-6-17(9-13(12)2)24-11-16(10-20(24)25)21(26)23-19-8-7-18(22)14(3)15(19)4/h5-9,16H,10-11H2,1-4H3,(H,23,26)/t16-/m1/s1. The van der Waals surface area contributed by atoms with Crippen LogP contribution >= 0.6 is 15.9 Å². The summed E-state index contributed by atoms with van der Waals surface area (Å²) in [5.41, 5.74) is 6.13. The van der Waals surface area contributed by atoms with Crippen molar-refractivity contribution in [2.75, 3.05) is 16.8 Å². The molecule has 3 rings (SSSR count). The van der Waals surface area contributed by atoms with Gasteiger partial charge in [0.15, 0.2) is 0 Å². The largest absolute Gasteiger partial charge is 0.326 e. The van der Waals surface area contributed by atoms with Crippen LogP contribution in [0.2, 0.25) is 0 Å². The normalized spacial score (nSPS) is 16.9. The van der Waals surface area contributed by atoms with E-state index in [0.29, 0.717) is 6.54 Å². The number of carbonyl (C=O) groups excluding carboxylic acids is 2. The van der Waals surface area contributed by atoms with E-state index in [1.54, 1.807) is 4.90 Å². The van der Waals surface area contributed by atoms with E-state index in [1.165, 1.54) is 5.56 Å². The maximum Gasteiger partial charge on any atom is 0.229 e. The monoisotopic (exact) mass is 414 g/mol. The Hall–Kier alpha value is -2.14. The van der Waals surface area contributed by atoms with Gasteiger partial charge >= 0.3 is 0 Å². The molecule has 0 aliphatic carbocycles. The Morgan fingerprint density at radius 3 is 2.50 bits per heavy atom. The lowest BCUT2D eigenvalue weighted by atomic mass is 10.1. The lowest BCUT2D eigenvalue weighted by Gasteiger charge is -2.18. The van der Waals surface area contributed by atoms with Gasteiger partial charge in [-0.2, -0.15) is 0 Å². The molecule has 1 heterocycles. The average Bonchev–Trinajstić information content (AvgIpc) is 3.00. The van der Waals surface area contributed by atoms with E-state index < -0.39 is 0 Å². The Bertz CT molecular complexity index is 892. The van der Waals surface area contributed by atoms with Crippen LogP contribution in [0.5, 0.6) is 0 Å². The summed E-state index contributed by atoms with van der Waals surface area (Å²) < 4.78 is 1.02. The van der Waals surface area contributed by atoms with E-state index in [9.17, 15) is 9.59 Å². The van der Waals surface area contributed by atoms with Crippen LogP contribution in [0.15, 0.2) is 34.8 Å². The molecule has 26 heavy (non-hydrogen) atoms. The summed E-state index contributed by atoms with van der Waals surface area (Å²) >= 11 is 3.50. The fourth-order valence-electron chi connectivity index (χ4n) is 3.18. The van der Waals surface area contributed by atoms with E-state index in [2.05, 4.69) is 21.2 Å². The van der Waals surface area contributed by atoms with Gasteiger partial charge in [-0.3, -0.25) is 9.59 Å².